The molecule has 0 spiro atoms. The number of benzene rings is 3. The van der Waals surface area contributed by atoms with Gasteiger partial charge < -0.3 is 0 Å². The van der Waals surface area contributed by atoms with Crippen LogP contribution in [0.15, 0.2) is 77.9 Å². The molecule has 2 fully saturated rings. The normalized spacial score (nSPS) is 24.8. The van der Waals surface area contributed by atoms with Crippen LogP contribution in [-0.4, -0.2) is 34.9 Å². The second-order valence-corrected chi connectivity index (χ2v) is 8.99. The van der Waals surface area contributed by atoms with Crippen molar-refractivity contribution < 1.29 is 18.8 Å². The number of fused-ring (bicyclic) bond motifs is 5. The quantitative estimate of drug-likeness (QED) is 0.421. The van der Waals surface area contributed by atoms with Crippen molar-refractivity contribution in [3.63, 3.8) is 0 Å². The Morgan fingerprint density at radius 3 is 2.29 bits per heavy atom. The Labute approximate surface area is 199 Å². The summed E-state index contributed by atoms with van der Waals surface area (Å²) >= 11 is 6.00. The third-order valence-electron chi connectivity index (χ3n) is 6.78. The van der Waals surface area contributed by atoms with E-state index in [1.54, 1.807) is 35.5 Å². The van der Waals surface area contributed by atoms with Gasteiger partial charge in [-0.05, 0) is 59.7 Å². The zero-order valence-electron chi connectivity index (χ0n) is 17.6. The number of nitrogens with zero attached hydrogens (tertiary/aromatic N) is 3. The number of Topliss-reactive ketones (excluding diaryl/α,β-unsaturated/α-hetero) is 1. The van der Waals surface area contributed by atoms with Crippen molar-refractivity contribution in [3.8, 4) is 0 Å². The SMILES string of the molecule is O=C(c1ccc(Cl)cc1)C1C2C(=O)N(c3ccc(F)cc3)C(=O)C2C2c3ccccc3C=NN12. The van der Waals surface area contributed by atoms with Crippen molar-refractivity contribution in [3.05, 3.63) is 100 Å². The van der Waals surface area contributed by atoms with Crippen molar-refractivity contribution in [1.82, 2.24) is 5.01 Å². The highest BCUT2D eigenvalue weighted by Crippen LogP contribution is 2.53. The van der Waals surface area contributed by atoms with Crippen molar-refractivity contribution in [1.29, 1.82) is 0 Å². The number of anilines is 1. The average Bonchev–Trinajstić information content (AvgIpc) is 3.32. The lowest BCUT2D eigenvalue weighted by atomic mass is 9.83. The number of carbonyl (C=O) groups excluding carboxylic acids is 3. The van der Waals surface area contributed by atoms with Crippen molar-refractivity contribution in [2.75, 3.05) is 4.90 Å². The molecule has 3 aromatic rings. The fourth-order valence-electron chi connectivity index (χ4n) is 5.30. The highest BCUT2D eigenvalue weighted by Gasteiger charge is 2.65. The second kappa shape index (κ2) is 7.60. The first-order valence-electron chi connectivity index (χ1n) is 10.8. The molecule has 0 bridgehead atoms. The molecule has 0 radical (unpaired) electrons. The van der Waals surface area contributed by atoms with Crippen LogP contribution in [0.5, 0.6) is 0 Å². The number of hydrogen-bond acceptors (Lipinski definition) is 5. The Balaban J connectivity index is 1.49. The van der Waals surface area contributed by atoms with Crippen LogP contribution in [0.2, 0.25) is 5.02 Å². The van der Waals surface area contributed by atoms with Crippen LogP contribution < -0.4 is 4.90 Å². The van der Waals surface area contributed by atoms with Crippen molar-refractivity contribution >= 4 is 41.1 Å². The van der Waals surface area contributed by atoms with Crippen LogP contribution >= 0.6 is 11.6 Å². The summed E-state index contributed by atoms with van der Waals surface area (Å²) in [5.74, 6) is -3.44. The lowest BCUT2D eigenvalue weighted by molar-refractivity contribution is -0.124. The summed E-state index contributed by atoms with van der Waals surface area (Å²) in [5.41, 5.74) is 2.33. The van der Waals surface area contributed by atoms with Crippen molar-refractivity contribution in [2.24, 2.45) is 16.9 Å². The van der Waals surface area contributed by atoms with E-state index in [0.29, 0.717) is 10.6 Å². The first-order chi connectivity index (χ1) is 16.5. The van der Waals surface area contributed by atoms with Gasteiger partial charge in [0.25, 0.3) is 0 Å². The fourth-order valence-corrected chi connectivity index (χ4v) is 5.42. The van der Waals surface area contributed by atoms with Gasteiger partial charge in [-0.15, -0.1) is 0 Å². The summed E-state index contributed by atoms with van der Waals surface area (Å²) in [5, 5.41) is 6.62. The van der Waals surface area contributed by atoms with E-state index in [2.05, 4.69) is 5.10 Å². The zero-order valence-corrected chi connectivity index (χ0v) is 18.4. The van der Waals surface area contributed by atoms with E-state index < -0.39 is 41.6 Å². The maximum absolute atomic E-state index is 13.7. The van der Waals surface area contributed by atoms with Crippen LogP contribution in [0.25, 0.3) is 0 Å². The summed E-state index contributed by atoms with van der Waals surface area (Å²) in [6.45, 7) is 0. The molecule has 0 aromatic heterocycles. The number of hydrogen-bond donors (Lipinski definition) is 0. The van der Waals surface area contributed by atoms with Gasteiger partial charge in [0.1, 0.15) is 11.9 Å². The molecule has 4 atom stereocenters. The molecule has 0 saturated carbocycles. The lowest BCUT2D eigenvalue weighted by Crippen LogP contribution is -2.44. The van der Waals surface area contributed by atoms with Gasteiger partial charge in [0, 0.05) is 10.6 Å². The molecule has 168 valence electrons. The molecular weight excluding hydrogens is 457 g/mol. The third-order valence-corrected chi connectivity index (χ3v) is 7.03. The minimum atomic E-state index is -0.970. The van der Waals surface area contributed by atoms with Crippen molar-refractivity contribution in [2.45, 2.75) is 12.1 Å². The van der Waals surface area contributed by atoms with Crippen LogP contribution in [0.4, 0.5) is 10.1 Å². The van der Waals surface area contributed by atoms with E-state index in [9.17, 15) is 18.8 Å². The molecule has 6 nitrogen and oxygen atoms in total. The van der Waals surface area contributed by atoms with E-state index in [4.69, 9.17) is 11.6 Å². The summed E-state index contributed by atoms with van der Waals surface area (Å²) in [6, 6.07) is 17.6. The Morgan fingerprint density at radius 1 is 0.882 bits per heavy atom. The van der Waals surface area contributed by atoms with E-state index >= 15 is 0 Å². The molecule has 3 aliphatic heterocycles. The molecule has 3 aromatic carbocycles. The average molecular weight is 474 g/mol. The summed E-state index contributed by atoms with van der Waals surface area (Å²) < 4.78 is 13.5. The third kappa shape index (κ3) is 2.93. The lowest BCUT2D eigenvalue weighted by Gasteiger charge is -2.33. The fraction of sp³-hybridized carbons (Fsp3) is 0.154. The first-order valence-corrected chi connectivity index (χ1v) is 11.2. The number of hydrazone groups is 1. The number of halogens is 2. The molecule has 2 saturated heterocycles. The van der Waals surface area contributed by atoms with Gasteiger partial charge >= 0.3 is 0 Å². The Morgan fingerprint density at radius 2 is 1.56 bits per heavy atom. The smallest absolute Gasteiger partial charge is 0.240 e. The van der Waals surface area contributed by atoms with E-state index in [1.165, 1.54) is 24.3 Å². The molecule has 4 unspecified atom stereocenters. The molecule has 8 heteroatoms. The predicted octanol–water partition coefficient (Wildman–Crippen LogP) is 4.24. The number of rotatable bonds is 3. The van der Waals surface area contributed by atoms with Crippen LogP contribution in [0, 0.1) is 17.7 Å². The summed E-state index contributed by atoms with van der Waals surface area (Å²) in [7, 11) is 0. The predicted molar refractivity (Wildman–Crippen MR) is 124 cm³/mol. The molecule has 6 rings (SSSR count). The highest BCUT2D eigenvalue weighted by atomic mass is 35.5. The van der Waals surface area contributed by atoms with Gasteiger partial charge in [-0.2, -0.15) is 5.10 Å². The highest BCUT2D eigenvalue weighted by molar-refractivity contribution is 6.30. The molecule has 0 N–H and O–H groups in total. The summed E-state index contributed by atoms with van der Waals surface area (Å²) in [6.07, 6.45) is 1.65. The molecule has 2 amide bonds. The van der Waals surface area contributed by atoms with E-state index in [1.807, 2.05) is 24.3 Å². The number of ketones is 1. The van der Waals surface area contributed by atoms with Gasteiger partial charge in [-0.25, -0.2) is 9.29 Å². The minimum absolute atomic E-state index is 0.280. The largest absolute Gasteiger partial charge is 0.292 e. The zero-order chi connectivity index (χ0) is 23.6. The van der Waals surface area contributed by atoms with E-state index in [-0.39, 0.29) is 11.5 Å². The van der Waals surface area contributed by atoms with Crippen LogP contribution in [0.1, 0.15) is 27.5 Å². The monoisotopic (exact) mass is 473 g/mol. The van der Waals surface area contributed by atoms with Gasteiger partial charge in [0.2, 0.25) is 11.8 Å². The molecule has 0 aliphatic carbocycles. The minimum Gasteiger partial charge on any atom is -0.292 e. The van der Waals surface area contributed by atoms with Gasteiger partial charge in [-0.1, -0.05) is 35.9 Å². The van der Waals surface area contributed by atoms with Gasteiger partial charge in [0.15, 0.2) is 5.78 Å². The molecule has 3 aliphatic rings. The molecule has 3 heterocycles. The van der Waals surface area contributed by atoms with Gasteiger partial charge in [0.05, 0.1) is 29.8 Å². The standard InChI is InChI=1S/C26H17ClFN3O3/c27-16-7-5-14(6-8-16)24(32)23-21-20(22-19-4-2-1-3-15(19)13-29-31(22)23)25(33)30(26(21)34)18-11-9-17(28)10-12-18/h1-13,20-23H. The second-order valence-electron chi connectivity index (χ2n) is 8.55. The van der Waals surface area contributed by atoms with Gasteiger partial charge in [-0.3, -0.25) is 19.4 Å². The number of imide groups is 1. The molecule has 34 heavy (non-hydrogen) atoms. The molecular formula is C26H17ClFN3O3. The summed E-state index contributed by atoms with van der Waals surface area (Å²) in [4.78, 5) is 42.2. The topological polar surface area (TPSA) is 70.0 Å². The van der Waals surface area contributed by atoms with Crippen LogP contribution in [0.3, 0.4) is 0 Å². The Kier molecular flexibility index (Phi) is 4.64. The Hall–Kier alpha value is -3.84. The maximum atomic E-state index is 13.7. The first kappa shape index (κ1) is 20.7. The Bertz CT molecular complexity index is 1370. The van der Waals surface area contributed by atoms with Crippen LogP contribution in [-0.2, 0) is 9.59 Å². The number of carbonyl (C=O) groups is 3. The van der Waals surface area contributed by atoms with E-state index in [0.717, 1.165) is 16.0 Å². The maximum Gasteiger partial charge on any atom is 0.240 e. The number of amides is 2.